The maximum atomic E-state index is 9.52. The standard InChI is InChI=1S/C16H25NO/c1-13-5-6-15(14(2)9-13)10-17(3)11-16(12-18)7-4-8-16/h5-6,9,18H,4,7-8,10-12H2,1-3H3. The average molecular weight is 247 g/mol. The molecule has 0 atom stereocenters. The van der Waals surface area contributed by atoms with Crippen LogP contribution in [-0.4, -0.2) is 30.2 Å². The molecule has 0 bridgehead atoms. The van der Waals surface area contributed by atoms with Gasteiger partial charge in [0.2, 0.25) is 0 Å². The topological polar surface area (TPSA) is 23.5 Å². The third-order valence-corrected chi connectivity index (χ3v) is 4.29. The van der Waals surface area contributed by atoms with E-state index in [0.717, 1.165) is 13.1 Å². The number of aliphatic hydroxyl groups is 1. The number of aryl methyl sites for hydroxylation is 2. The van der Waals surface area contributed by atoms with Gasteiger partial charge >= 0.3 is 0 Å². The Morgan fingerprint density at radius 1 is 1.28 bits per heavy atom. The van der Waals surface area contributed by atoms with Gasteiger partial charge in [0.15, 0.2) is 0 Å². The van der Waals surface area contributed by atoms with Crippen molar-refractivity contribution in [3.8, 4) is 0 Å². The molecular formula is C16H25NO. The Balaban J connectivity index is 1.96. The van der Waals surface area contributed by atoms with Crippen molar-refractivity contribution in [2.75, 3.05) is 20.2 Å². The molecule has 1 aromatic rings. The smallest absolute Gasteiger partial charge is 0.0499 e. The van der Waals surface area contributed by atoms with Gasteiger partial charge in [-0.2, -0.15) is 0 Å². The third-order valence-electron chi connectivity index (χ3n) is 4.29. The lowest BCUT2D eigenvalue weighted by atomic mass is 9.69. The Bertz CT molecular complexity index is 404. The summed E-state index contributed by atoms with van der Waals surface area (Å²) >= 11 is 0. The summed E-state index contributed by atoms with van der Waals surface area (Å²) in [4.78, 5) is 2.35. The monoisotopic (exact) mass is 247 g/mol. The van der Waals surface area contributed by atoms with Crippen LogP contribution in [0, 0.1) is 19.3 Å². The minimum atomic E-state index is 0.188. The largest absolute Gasteiger partial charge is 0.396 e. The molecule has 1 aliphatic rings. The molecule has 1 saturated carbocycles. The molecule has 2 heteroatoms. The highest BCUT2D eigenvalue weighted by molar-refractivity contribution is 5.30. The summed E-state index contributed by atoms with van der Waals surface area (Å²) < 4.78 is 0. The van der Waals surface area contributed by atoms with Crippen LogP contribution in [-0.2, 0) is 6.54 Å². The van der Waals surface area contributed by atoms with E-state index in [4.69, 9.17) is 0 Å². The van der Waals surface area contributed by atoms with Crippen LogP contribution < -0.4 is 0 Å². The van der Waals surface area contributed by atoms with Gasteiger partial charge in [-0.15, -0.1) is 0 Å². The van der Waals surface area contributed by atoms with E-state index in [-0.39, 0.29) is 5.41 Å². The van der Waals surface area contributed by atoms with Crippen molar-refractivity contribution in [1.82, 2.24) is 4.90 Å². The summed E-state index contributed by atoms with van der Waals surface area (Å²) in [5.41, 5.74) is 4.28. The molecule has 0 amide bonds. The Morgan fingerprint density at radius 3 is 2.50 bits per heavy atom. The van der Waals surface area contributed by atoms with Crippen molar-refractivity contribution < 1.29 is 5.11 Å². The van der Waals surface area contributed by atoms with Crippen molar-refractivity contribution in [3.63, 3.8) is 0 Å². The lowest BCUT2D eigenvalue weighted by molar-refractivity contribution is 0.0127. The van der Waals surface area contributed by atoms with E-state index in [9.17, 15) is 5.11 Å². The predicted molar refractivity (Wildman–Crippen MR) is 75.6 cm³/mol. The van der Waals surface area contributed by atoms with Gasteiger partial charge in [0, 0.05) is 25.1 Å². The van der Waals surface area contributed by atoms with E-state index in [1.165, 1.54) is 36.0 Å². The van der Waals surface area contributed by atoms with Gasteiger partial charge in [0.25, 0.3) is 0 Å². The summed E-state index contributed by atoms with van der Waals surface area (Å²) in [7, 11) is 2.16. The zero-order valence-corrected chi connectivity index (χ0v) is 11.9. The maximum Gasteiger partial charge on any atom is 0.0499 e. The molecule has 0 aromatic heterocycles. The first-order valence-corrected chi connectivity index (χ1v) is 6.90. The number of rotatable bonds is 5. The van der Waals surface area contributed by atoms with Crippen molar-refractivity contribution in [3.05, 3.63) is 34.9 Å². The van der Waals surface area contributed by atoms with Crippen LogP contribution >= 0.6 is 0 Å². The van der Waals surface area contributed by atoms with Crippen LogP contribution in [0.2, 0.25) is 0 Å². The van der Waals surface area contributed by atoms with Crippen molar-refractivity contribution in [2.45, 2.75) is 39.7 Å². The molecule has 0 radical (unpaired) electrons. The zero-order chi connectivity index (χ0) is 13.2. The van der Waals surface area contributed by atoms with E-state index in [2.05, 4.69) is 44.0 Å². The fraction of sp³-hybridized carbons (Fsp3) is 0.625. The normalized spacial score (nSPS) is 17.8. The molecule has 1 fully saturated rings. The van der Waals surface area contributed by atoms with Gasteiger partial charge in [-0.1, -0.05) is 30.2 Å². The highest BCUT2D eigenvalue weighted by Crippen LogP contribution is 2.41. The minimum Gasteiger partial charge on any atom is -0.396 e. The Kier molecular flexibility index (Phi) is 4.08. The second kappa shape index (κ2) is 5.41. The van der Waals surface area contributed by atoms with Crippen molar-refractivity contribution in [1.29, 1.82) is 0 Å². The predicted octanol–water partition coefficient (Wildman–Crippen LogP) is 2.90. The summed E-state index contributed by atoms with van der Waals surface area (Å²) in [6, 6.07) is 6.66. The van der Waals surface area contributed by atoms with Gasteiger partial charge in [-0.05, 0) is 44.9 Å². The molecule has 1 aromatic carbocycles. The lowest BCUT2D eigenvalue weighted by Crippen LogP contribution is -2.43. The van der Waals surface area contributed by atoms with Crippen molar-refractivity contribution in [2.24, 2.45) is 5.41 Å². The molecule has 2 nitrogen and oxygen atoms in total. The van der Waals surface area contributed by atoms with Gasteiger partial charge < -0.3 is 10.0 Å². The third kappa shape index (κ3) is 2.93. The number of nitrogens with zero attached hydrogens (tertiary/aromatic N) is 1. The molecule has 1 aliphatic carbocycles. The fourth-order valence-electron chi connectivity index (χ4n) is 2.99. The SMILES string of the molecule is Cc1ccc(CN(C)CC2(CO)CCC2)c(C)c1. The number of hydrogen-bond acceptors (Lipinski definition) is 2. The average Bonchev–Trinajstić information content (AvgIpc) is 2.27. The van der Waals surface area contributed by atoms with Crippen LogP contribution in [0.1, 0.15) is 36.0 Å². The van der Waals surface area contributed by atoms with Gasteiger partial charge in [0.1, 0.15) is 0 Å². The Morgan fingerprint density at radius 2 is 2.00 bits per heavy atom. The van der Waals surface area contributed by atoms with Crippen LogP contribution in [0.3, 0.4) is 0 Å². The summed E-state index contributed by atoms with van der Waals surface area (Å²) in [5.74, 6) is 0. The van der Waals surface area contributed by atoms with E-state index < -0.39 is 0 Å². The summed E-state index contributed by atoms with van der Waals surface area (Å²) in [6.07, 6.45) is 3.64. The first-order chi connectivity index (χ1) is 8.54. The zero-order valence-electron chi connectivity index (χ0n) is 11.9. The molecule has 0 unspecified atom stereocenters. The Labute approximate surface area is 111 Å². The minimum absolute atomic E-state index is 0.188. The molecule has 0 saturated heterocycles. The van der Waals surface area contributed by atoms with Crippen LogP contribution in [0.5, 0.6) is 0 Å². The fourth-order valence-corrected chi connectivity index (χ4v) is 2.99. The summed E-state index contributed by atoms with van der Waals surface area (Å²) in [6.45, 7) is 6.64. The second-order valence-corrected chi connectivity index (χ2v) is 6.11. The summed E-state index contributed by atoms with van der Waals surface area (Å²) in [5, 5.41) is 9.52. The van der Waals surface area contributed by atoms with Crippen LogP contribution in [0.15, 0.2) is 18.2 Å². The van der Waals surface area contributed by atoms with Crippen molar-refractivity contribution >= 4 is 0 Å². The number of benzene rings is 1. The molecule has 18 heavy (non-hydrogen) atoms. The van der Waals surface area contributed by atoms with Gasteiger partial charge in [-0.3, -0.25) is 0 Å². The highest BCUT2D eigenvalue weighted by atomic mass is 16.3. The van der Waals surface area contributed by atoms with E-state index in [1.54, 1.807) is 0 Å². The number of aliphatic hydroxyl groups excluding tert-OH is 1. The molecule has 2 rings (SSSR count). The second-order valence-electron chi connectivity index (χ2n) is 6.11. The van der Waals surface area contributed by atoms with E-state index >= 15 is 0 Å². The maximum absolute atomic E-state index is 9.52. The molecule has 0 spiro atoms. The Hall–Kier alpha value is -0.860. The number of hydrogen-bond donors (Lipinski definition) is 1. The highest BCUT2D eigenvalue weighted by Gasteiger charge is 2.37. The van der Waals surface area contributed by atoms with Gasteiger partial charge in [-0.25, -0.2) is 0 Å². The first-order valence-electron chi connectivity index (χ1n) is 6.90. The quantitative estimate of drug-likeness (QED) is 0.865. The molecule has 100 valence electrons. The van der Waals surface area contributed by atoms with E-state index in [0.29, 0.717) is 6.61 Å². The van der Waals surface area contributed by atoms with Crippen LogP contribution in [0.4, 0.5) is 0 Å². The van der Waals surface area contributed by atoms with Gasteiger partial charge in [0.05, 0.1) is 0 Å². The molecule has 0 heterocycles. The lowest BCUT2D eigenvalue weighted by Gasteiger charge is -2.43. The molecule has 0 aliphatic heterocycles. The molecular weight excluding hydrogens is 222 g/mol. The first kappa shape index (κ1) is 13.6. The van der Waals surface area contributed by atoms with E-state index in [1.807, 2.05) is 0 Å². The molecule has 1 N–H and O–H groups in total. The van der Waals surface area contributed by atoms with Crippen LogP contribution in [0.25, 0.3) is 0 Å².